The number of nitrogens with zero attached hydrogens (tertiary/aromatic N) is 2. The molecule has 2 aromatic heterocycles. The van der Waals surface area contributed by atoms with Gasteiger partial charge in [0, 0.05) is 23.5 Å². The van der Waals surface area contributed by atoms with Gasteiger partial charge in [0.1, 0.15) is 0 Å². The van der Waals surface area contributed by atoms with E-state index in [9.17, 15) is 0 Å². The zero-order valence-electron chi connectivity index (χ0n) is 13.0. The molecule has 6 rings (SSSR count). The summed E-state index contributed by atoms with van der Waals surface area (Å²) in [5.74, 6) is 0. The van der Waals surface area contributed by atoms with Crippen LogP contribution in [0.4, 0.5) is 0 Å². The van der Waals surface area contributed by atoms with Crippen LogP contribution in [-0.4, -0.2) is 9.97 Å². The van der Waals surface area contributed by atoms with E-state index in [0.717, 1.165) is 52.1 Å². The molecule has 2 aliphatic heterocycles. The summed E-state index contributed by atoms with van der Waals surface area (Å²) in [5.41, 5.74) is 10.9. The monoisotopic (exact) mass is 306 g/mol. The summed E-state index contributed by atoms with van der Waals surface area (Å²) in [6.45, 7) is 2.97. The maximum Gasteiger partial charge on any atom is 0.0740 e. The lowest BCUT2D eigenvalue weighted by Crippen LogP contribution is -2.24. The SMILES string of the molecule is c1nc2c(c3c1COC3)CCC21CCc2c1ncc1c2COC1. The van der Waals surface area contributed by atoms with E-state index < -0.39 is 0 Å². The van der Waals surface area contributed by atoms with Crippen LogP contribution in [0.15, 0.2) is 12.4 Å². The molecule has 4 aliphatic rings. The highest BCUT2D eigenvalue weighted by molar-refractivity contribution is 5.54. The molecule has 0 N–H and O–H groups in total. The topological polar surface area (TPSA) is 44.2 Å². The highest BCUT2D eigenvalue weighted by Gasteiger charge is 2.49. The van der Waals surface area contributed by atoms with Crippen molar-refractivity contribution in [2.24, 2.45) is 0 Å². The molecule has 116 valence electrons. The average Bonchev–Trinajstić information content (AvgIpc) is 3.32. The van der Waals surface area contributed by atoms with Crippen LogP contribution < -0.4 is 0 Å². The number of pyridine rings is 2. The van der Waals surface area contributed by atoms with Crippen LogP contribution in [-0.2, 0) is 54.2 Å². The lowest BCUT2D eigenvalue weighted by molar-refractivity contribution is 0.134. The van der Waals surface area contributed by atoms with Gasteiger partial charge in [-0.1, -0.05) is 0 Å². The second-order valence-corrected chi connectivity index (χ2v) is 7.25. The summed E-state index contributed by atoms with van der Waals surface area (Å²) in [4.78, 5) is 9.81. The third-order valence-electron chi connectivity index (χ3n) is 6.29. The average molecular weight is 306 g/mol. The van der Waals surface area contributed by atoms with E-state index in [0.29, 0.717) is 0 Å². The zero-order valence-corrected chi connectivity index (χ0v) is 13.0. The van der Waals surface area contributed by atoms with Gasteiger partial charge < -0.3 is 9.47 Å². The fraction of sp³-hybridized carbons (Fsp3) is 0.474. The van der Waals surface area contributed by atoms with Gasteiger partial charge in [0.15, 0.2) is 0 Å². The van der Waals surface area contributed by atoms with E-state index in [1.807, 2.05) is 12.4 Å². The number of hydrogen-bond acceptors (Lipinski definition) is 4. The Hall–Kier alpha value is -1.78. The van der Waals surface area contributed by atoms with Crippen LogP contribution in [0.25, 0.3) is 0 Å². The smallest absolute Gasteiger partial charge is 0.0740 e. The lowest BCUT2D eigenvalue weighted by Gasteiger charge is -2.24. The Morgan fingerprint density at radius 3 is 1.74 bits per heavy atom. The molecule has 0 fully saturated rings. The molecule has 0 aromatic carbocycles. The van der Waals surface area contributed by atoms with Crippen LogP contribution in [0, 0.1) is 0 Å². The highest BCUT2D eigenvalue weighted by atomic mass is 16.5. The number of rotatable bonds is 0. The van der Waals surface area contributed by atoms with Crippen molar-refractivity contribution < 1.29 is 9.47 Å². The van der Waals surface area contributed by atoms with Crippen molar-refractivity contribution in [2.75, 3.05) is 0 Å². The van der Waals surface area contributed by atoms with Crippen LogP contribution >= 0.6 is 0 Å². The standard InChI is InChI=1S/C19H18N2O2/c1-3-19(17-13(1)15-9-22-7-11(15)5-20-17)4-2-14-16-10-23-8-12(16)6-21-18(14)19/h5-6H,1-4,7-10H2. The van der Waals surface area contributed by atoms with E-state index in [-0.39, 0.29) is 5.41 Å². The van der Waals surface area contributed by atoms with Gasteiger partial charge in [-0.2, -0.15) is 0 Å². The first kappa shape index (κ1) is 12.6. The fourth-order valence-corrected chi connectivity index (χ4v) is 5.16. The van der Waals surface area contributed by atoms with Crippen molar-refractivity contribution in [1.29, 1.82) is 0 Å². The van der Waals surface area contributed by atoms with Gasteiger partial charge in [-0.15, -0.1) is 0 Å². The minimum atomic E-state index is 0.0416. The molecule has 0 unspecified atom stereocenters. The molecule has 1 spiro atoms. The molecule has 0 atom stereocenters. The third-order valence-corrected chi connectivity index (χ3v) is 6.29. The second-order valence-electron chi connectivity index (χ2n) is 7.25. The normalized spacial score (nSPS) is 22.3. The molecule has 0 bridgehead atoms. The Morgan fingerprint density at radius 1 is 0.696 bits per heavy atom. The molecule has 0 saturated carbocycles. The van der Waals surface area contributed by atoms with Gasteiger partial charge >= 0.3 is 0 Å². The van der Waals surface area contributed by atoms with E-state index in [4.69, 9.17) is 19.4 Å². The number of hydrogen-bond donors (Lipinski definition) is 0. The Morgan fingerprint density at radius 2 is 1.22 bits per heavy atom. The Balaban J connectivity index is 1.58. The molecule has 23 heavy (non-hydrogen) atoms. The molecule has 4 nitrogen and oxygen atoms in total. The molecular weight excluding hydrogens is 288 g/mol. The first-order chi connectivity index (χ1) is 11.4. The van der Waals surface area contributed by atoms with Crippen LogP contribution in [0.5, 0.6) is 0 Å². The van der Waals surface area contributed by atoms with Crippen molar-refractivity contribution in [1.82, 2.24) is 9.97 Å². The maximum absolute atomic E-state index is 5.65. The summed E-state index contributed by atoms with van der Waals surface area (Å²) >= 11 is 0. The van der Waals surface area contributed by atoms with Crippen molar-refractivity contribution in [2.45, 2.75) is 57.5 Å². The summed E-state index contributed by atoms with van der Waals surface area (Å²) < 4.78 is 11.3. The number of aromatic nitrogens is 2. The Labute approximate surface area is 134 Å². The predicted octanol–water partition coefficient (Wildman–Crippen LogP) is 2.72. The van der Waals surface area contributed by atoms with Crippen molar-refractivity contribution >= 4 is 0 Å². The van der Waals surface area contributed by atoms with Crippen molar-refractivity contribution in [3.8, 4) is 0 Å². The highest BCUT2D eigenvalue weighted by Crippen LogP contribution is 2.53. The summed E-state index contributed by atoms with van der Waals surface area (Å²) in [6, 6.07) is 0. The number of ether oxygens (including phenoxy) is 2. The van der Waals surface area contributed by atoms with E-state index in [2.05, 4.69) is 0 Å². The first-order valence-corrected chi connectivity index (χ1v) is 8.52. The molecule has 4 heterocycles. The van der Waals surface area contributed by atoms with Crippen LogP contribution in [0.2, 0.25) is 0 Å². The van der Waals surface area contributed by atoms with E-state index in [1.165, 1.54) is 44.8 Å². The Bertz CT molecular complexity index is 787. The lowest BCUT2D eigenvalue weighted by atomic mass is 9.81. The maximum atomic E-state index is 5.65. The molecular formula is C19H18N2O2. The predicted molar refractivity (Wildman–Crippen MR) is 82.9 cm³/mol. The second kappa shape index (κ2) is 4.19. The van der Waals surface area contributed by atoms with Gasteiger partial charge in [-0.25, -0.2) is 0 Å². The van der Waals surface area contributed by atoms with E-state index >= 15 is 0 Å². The minimum absolute atomic E-state index is 0.0416. The van der Waals surface area contributed by atoms with Gasteiger partial charge in [0.05, 0.1) is 43.2 Å². The Kier molecular flexibility index (Phi) is 2.30. The van der Waals surface area contributed by atoms with Gasteiger partial charge in [-0.3, -0.25) is 9.97 Å². The van der Waals surface area contributed by atoms with Gasteiger partial charge in [0.25, 0.3) is 0 Å². The van der Waals surface area contributed by atoms with Gasteiger partial charge in [-0.05, 0) is 47.9 Å². The van der Waals surface area contributed by atoms with Crippen molar-refractivity contribution in [3.05, 3.63) is 57.2 Å². The summed E-state index contributed by atoms with van der Waals surface area (Å²) in [5, 5.41) is 0. The molecule has 0 amide bonds. The van der Waals surface area contributed by atoms with Gasteiger partial charge in [0.2, 0.25) is 0 Å². The number of fused-ring (bicyclic) bond motifs is 8. The van der Waals surface area contributed by atoms with Crippen LogP contribution in [0.1, 0.15) is 57.6 Å². The third kappa shape index (κ3) is 1.44. The van der Waals surface area contributed by atoms with E-state index in [1.54, 1.807) is 0 Å². The zero-order chi connectivity index (χ0) is 15.0. The largest absolute Gasteiger partial charge is 0.372 e. The summed E-state index contributed by atoms with van der Waals surface area (Å²) in [6.07, 6.45) is 8.61. The van der Waals surface area contributed by atoms with Crippen molar-refractivity contribution in [3.63, 3.8) is 0 Å². The summed E-state index contributed by atoms with van der Waals surface area (Å²) in [7, 11) is 0. The quantitative estimate of drug-likeness (QED) is 0.751. The molecule has 2 aliphatic carbocycles. The molecule has 4 heteroatoms. The first-order valence-electron chi connectivity index (χ1n) is 8.52. The fourth-order valence-electron chi connectivity index (χ4n) is 5.16. The minimum Gasteiger partial charge on any atom is -0.372 e. The molecule has 2 aromatic rings. The van der Waals surface area contributed by atoms with Crippen LogP contribution in [0.3, 0.4) is 0 Å². The molecule has 0 radical (unpaired) electrons. The molecule has 0 saturated heterocycles.